The molecule has 0 radical (unpaired) electrons. The molecule has 1 amide bonds. The largest absolute Gasteiger partial charge is 0.352 e. The van der Waals surface area contributed by atoms with Gasteiger partial charge in [-0.2, -0.15) is 11.8 Å². The molecule has 2 saturated carbocycles. The highest BCUT2D eigenvalue weighted by Crippen LogP contribution is 2.29. The first-order chi connectivity index (χ1) is 8.19. The second kappa shape index (κ2) is 6.10. The number of nitrogens with one attached hydrogen (secondary N) is 2. The highest BCUT2D eigenvalue weighted by Gasteiger charge is 2.29. The number of rotatable bonds is 6. The second-order valence-electron chi connectivity index (χ2n) is 5.26. The Morgan fingerprint density at radius 2 is 2.00 bits per heavy atom. The van der Waals surface area contributed by atoms with Crippen molar-refractivity contribution in [3.63, 3.8) is 0 Å². The quantitative estimate of drug-likeness (QED) is 0.763. The second-order valence-corrected chi connectivity index (χ2v) is 6.84. The fraction of sp³-hybridized carbons (Fsp3) is 0.923. The number of carbonyl (C=O) groups excluding carboxylic acids is 1. The van der Waals surface area contributed by atoms with Gasteiger partial charge in [-0.25, -0.2) is 0 Å². The zero-order valence-electron chi connectivity index (χ0n) is 10.9. The van der Waals surface area contributed by atoms with E-state index >= 15 is 0 Å². The van der Waals surface area contributed by atoms with Gasteiger partial charge in [0, 0.05) is 17.3 Å². The molecule has 3 atom stereocenters. The van der Waals surface area contributed by atoms with Crippen molar-refractivity contribution in [1.29, 1.82) is 0 Å². The molecule has 0 heterocycles. The van der Waals surface area contributed by atoms with Crippen LogP contribution in [-0.2, 0) is 4.79 Å². The first-order valence-electron chi connectivity index (χ1n) is 6.87. The lowest BCUT2D eigenvalue weighted by Gasteiger charge is -2.19. The number of hydrogen-bond donors (Lipinski definition) is 2. The van der Waals surface area contributed by atoms with E-state index in [1.54, 1.807) is 0 Å². The fourth-order valence-corrected chi connectivity index (χ4v) is 3.60. The van der Waals surface area contributed by atoms with Gasteiger partial charge >= 0.3 is 0 Å². The summed E-state index contributed by atoms with van der Waals surface area (Å²) >= 11 is 2.06. The number of amides is 1. The molecular weight excluding hydrogens is 232 g/mol. The number of thioether (sulfide) groups is 1. The van der Waals surface area contributed by atoms with Gasteiger partial charge in [-0.1, -0.05) is 6.92 Å². The molecule has 98 valence electrons. The van der Waals surface area contributed by atoms with Crippen LogP contribution in [0.2, 0.25) is 0 Å². The molecule has 2 rings (SSSR count). The Labute approximate surface area is 108 Å². The minimum absolute atomic E-state index is 0.0361. The molecule has 2 aliphatic carbocycles. The summed E-state index contributed by atoms with van der Waals surface area (Å²) in [6.07, 6.45) is 6.07. The van der Waals surface area contributed by atoms with Gasteiger partial charge in [0.05, 0.1) is 6.04 Å². The SMILES string of the molecule is CCSC1CCC(NC(C)C(=O)NC2CC2)C1. The Balaban J connectivity index is 1.67. The Hall–Kier alpha value is -0.220. The van der Waals surface area contributed by atoms with Gasteiger partial charge in [0.25, 0.3) is 0 Å². The lowest BCUT2D eigenvalue weighted by molar-refractivity contribution is -0.123. The molecule has 0 aromatic rings. The van der Waals surface area contributed by atoms with Crippen LogP contribution in [0.1, 0.15) is 46.0 Å². The maximum absolute atomic E-state index is 11.8. The molecule has 3 unspecified atom stereocenters. The van der Waals surface area contributed by atoms with Gasteiger partial charge in [0.15, 0.2) is 0 Å². The molecule has 2 aliphatic rings. The van der Waals surface area contributed by atoms with Crippen LogP contribution in [-0.4, -0.2) is 35.0 Å². The zero-order valence-corrected chi connectivity index (χ0v) is 11.7. The number of hydrogen-bond acceptors (Lipinski definition) is 3. The predicted octanol–water partition coefficient (Wildman–Crippen LogP) is 1.92. The van der Waals surface area contributed by atoms with E-state index in [4.69, 9.17) is 0 Å². The summed E-state index contributed by atoms with van der Waals surface area (Å²) in [4.78, 5) is 11.8. The average Bonchev–Trinajstić information content (AvgIpc) is 3.00. The molecule has 3 nitrogen and oxygen atoms in total. The molecule has 0 bridgehead atoms. The third-order valence-electron chi connectivity index (χ3n) is 3.59. The summed E-state index contributed by atoms with van der Waals surface area (Å²) in [5.74, 6) is 1.38. The van der Waals surface area contributed by atoms with Gasteiger partial charge in [-0.3, -0.25) is 4.79 Å². The molecule has 2 N–H and O–H groups in total. The molecule has 4 heteroatoms. The van der Waals surface area contributed by atoms with Crippen molar-refractivity contribution in [1.82, 2.24) is 10.6 Å². The molecule has 0 saturated heterocycles. The van der Waals surface area contributed by atoms with Crippen LogP contribution in [0, 0.1) is 0 Å². The van der Waals surface area contributed by atoms with Gasteiger partial charge in [-0.15, -0.1) is 0 Å². The predicted molar refractivity (Wildman–Crippen MR) is 73.3 cm³/mol. The standard InChI is InChI=1S/C13H24N2OS/c1-3-17-12-7-6-11(8-12)14-9(2)13(16)15-10-4-5-10/h9-12,14H,3-8H2,1-2H3,(H,15,16). The maximum Gasteiger partial charge on any atom is 0.237 e. The Morgan fingerprint density at radius 3 is 2.65 bits per heavy atom. The first-order valence-corrected chi connectivity index (χ1v) is 7.92. The summed E-state index contributed by atoms with van der Waals surface area (Å²) in [7, 11) is 0. The third kappa shape index (κ3) is 4.18. The topological polar surface area (TPSA) is 41.1 Å². The van der Waals surface area contributed by atoms with E-state index in [2.05, 4.69) is 29.3 Å². The van der Waals surface area contributed by atoms with Crippen LogP contribution in [0.25, 0.3) is 0 Å². The molecular formula is C13H24N2OS. The minimum Gasteiger partial charge on any atom is -0.352 e. The van der Waals surface area contributed by atoms with Gasteiger partial charge < -0.3 is 10.6 Å². The summed E-state index contributed by atoms with van der Waals surface area (Å²) in [5.41, 5.74) is 0. The van der Waals surface area contributed by atoms with Crippen LogP contribution in [0.3, 0.4) is 0 Å². The summed E-state index contributed by atoms with van der Waals surface area (Å²) in [6.45, 7) is 4.20. The maximum atomic E-state index is 11.8. The molecule has 0 spiro atoms. The summed E-state index contributed by atoms with van der Waals surface area (Å²) in [6, 6.07) is 0.976. The highest BCUT2D eigenvalue weighted by molar-refractivity contribution is 7.99. The Bertz CT molecular complexity index is 268. The van der Waals surface area contributed by atoms with Gasteiger partial charge in [-0.05, 0) is 44.8 Å². The van der Waals surface area contributed by atoms with Crippen LogP contribution in [0.5, 0.6) is 0 Å². The number of carbonyl (C=O) groups is 1. The van der Waals surface area contributed by atoms with E-state index in [1.807, 2.05) is 6.92 Å². The Kier molecular flexibility index (Phi) is 4.74. The van der Waals surface area contributed by atoms with Crippen LogP contribution >= 0.6 is 11.8 Å². The van der Waals surface area contributed by atoms with Crippen molar-refractivity contribution in [2.45, 2.75) is 69.3 Å². The molecule has 17 heavy (non-hydrogen) atoms. The van der Waals surface area contributed by atoms with E-state index in [-0.39, 0.29) is 11.9 Å². The average molecular weight is 256 g/mol. The van der Waals surface area contributed by atoms with Crippen molar-refractivity contribution in [2.75, 3.05) is 5.75 Å². The van der Waals surface area contributed by atoms with Crippen LogP contribution in [0.15, 0.2) is 0 Å². The third-order valence-corrected chi connectivity index (χ3v) is 4.82. The summed E-state index contributed by atoms with van der Waals surface area (Å²) in [5, 5.41) is 7.33. The highest BCUT2D eigenvalue weighted by atomic mass is 32.2. The first kappa shape index (κ1) is 13.2. The van der Waals surface area contributed by atoms with E-state index in [1.165, 1.54) is 25.0 Å². The van der Waals surface area contributed by atoms with Gasteiger partial charge in [0.1, 0.15) is 0 Å². The summed E-state index contributed by atoms with van der Waals surface area (Å²) < 4.78 is 0. The molecule has 0 aromatic heterocycles. The van der Waals surface area contributed by atoms with E-state index in [0.29, 0.717) is 12.1 Å². The molecule has 2 fully saturated rings. The van der Waals surface area contributed by atoms with Crippen molar-refractivity contribution in [3.8, 4) is 0 Å². The monoisotopic (exact) mass is 256 g/mol. The van der Waals surface area contributed by atoms with Crippen molar-refractivity contribution < 1.29 is 4.79 Å². The van der Waals surface area contributed by atoms with Crippen molar-refractivity contribution in [3.05, 3.63) is 0 Å². The fourth-order valence-electron chi connectivity index (χ4n) is 2.46. The smallest absolute Gasteiger partial charge is 0.237 e. The normalized spacial score (nSPS) is 30.2. The van der Waals surface area contributed by atoms with E-state index in [0.717, 1.165) is 18.1 Å². The lowest BCUT2D eigenvalue weighted by atomic mass is 10.2. The van der Waals surface area contributed by atoms with Crippen LogP contribution < -0.4 is 10.6 Å². The minimum atomic E-state index is -0.0361. The van der Waals surface area contributed by atoms with E-state index in [9.17, 15) is 4.79 Å². The van der Waals surface area contributed by atoms with Crippen LogP contribution in [0.4, 0.5) is 0 Å². The van der Waals surface area contributed by atoms with Gasteiger partial charge in [0.2, 0.25) is 5.91 Å². The zero-order chi connectivity index (χ0) is 12.3. The van der Waals surface area contributed by atoms with E-state index < -0.39 is 0 Å². The molecule has 0 aromatic carbocycles. The molecule has 0 aliphatic heterocycles. The lowest BCUT2D eigenvalue weighted by Crippen LogP contribution is -2.46. The Morgan fingerprint density at radius 1 is 1.29 bits per heavy atom. The van der Waals surface area contributed by atoms with Crippen molar-refractivity contribution >= 4 is 17.7 Å². The van der Waals surface area contributed by atoms with Crippen molar-refractivity contribution in [2.24, 2.45) is 0 Å².